The van der Waals surface area contributed by atoms with Crippen LogP contribution in [0.25, 0.3) is 0 Å². The molecule has 0 aliphatic rings. The van der Waals surface area contributed by atoms with Crippen LogP contribution < -0.4 is 19.9 Å². The topological polar surface area (TPSA) is 79.5 Å². The molecule has 7 heteroatoms. The number of methoxy groups -OCH3 is 2. The van der Waals surface area contributed by atoms with Gasteiger partial charge in [0.25, 0.3) is 0 Å². The summed E-state index contributed by atoms with van der Waals surface area (Å²) in [6, 6.07) is 3.63. The molecule has 0 fully saturated rings. The van der Waals surface area contributed by atoms with E-state index >= 15 is 0 Å². The minimum atomic E-state index is 0.0914. The predicted octanol–water partition coefficient (Wildman–Crippen LogP) is 3.65. The minimum Gasteiger partial charge on any atom is -0.493 e. The summed E-state index contributed by atoms with van der Waals surface area (Å²) >= 11 is 6.03. The van der Waals surface area contributed by atoms with E-state index in [9.17, 15) is 0 Å². The molecule has 6 nitrogen and oxygen atoms in total. The zero-order valence-corrected chi connectivity index (χ0v) is 13.6. The lowest BCUT2D eigenvalue weighted by atomic mass is 10.0. The van der Waals surface area contributed by atoms with Crippen LogP contribution in [0.15, 0.2) is 18.3 Å². The Morgan fingerprint density at radius 1 is 1.05 bits per heavy atom. The summed E-state index contributed by atoms with van der Waals surface area (Å²) in [4.78, 5) is 7.76. The summed E-state index contributed by atoms with van der Waals surface area (Å²) < 4.78 is 16.5. The van der Waals surface area contributed by atoms with Crippen LogP contribution in [-0.2, 0) is 0 Å². The first kappa shape index (κ1) is 16.2. The van der Waals surface area contributed by atoms with Crippen LogP contribution in [0.3, 0.4) is 0 Å². The molecule has 0 aliphatic carbocycles. The van der Waals surface area contributed by atoms with Crippen LogP contribution in [0.1, 0.15) is 25.3 Å². The number of nitrogens with two attached hydrogens (primary N) is 1. The second-order valence-electron chi connectivity index (χ2n) is 4.89. The second kappa shape index (κ2) is 6.70. The molecule has 0 atom stereocenters. The normalized spacial score (nSPS) is 10.6. The number of benzene rings is 1. The fourth-order valence-corrected chi connectivity index (χ4v) is 2.14. The standard InChI is InChI=1S/C15H18ClN3O3/c1-8(2)9-5-11(20-3)12(21-4)6-10(9)22-13-7-18-15(17)19-14(13)16/h5-8H,1-4H3,(H2,17,18,19). The van der Waals surface area contributed by atoms with Crippen molar-refractivity contribution in [3.63, 3.8) is 0 Å². The summed E-state index contributed by atoms with van der Waals surface area (Å²) in [5.74, 6) is 2.43. The van der Waals surface area contributed by atoms with Crippen LogP contribution in [-0.4, -0.2) is 24.2 Å². The van der Waals surface area contributed by atoms with Crippen LogP contribution in [0, 0.1) is 0 Å². The van der Waals surface area contributed by atoms with Gasteiger partial charge in [-0.05, 0) is 12.0 Å². The van der Waals surface area contributed by atoms with Gasteiger partial charge in [-0.3, -0.25) is 0 Å². The van der Waals surface area contributed by atoms with Gasteiger partial charge in [-0.2, -0.15) is 4.98 Å². The number of rotatable bonds is 5. The van der Waals surface area contributed by atoms with Gasteiger partial charge in [0, 0.05) is 11.6 Å². The molecule has 2 aromatic rings. The minimum absolute atomic E-state index is 0.0914. The molecule has 0 unspecified atom stereocenters. The third-order valence-corrected chi connectivity index (χ3v) is 3.36. The van der Waals surface area contributed by atoms with Crippen LogP contribution in [0.5, 0.6) is 23.0 Å². The van der Waals surface area contributed by atoms with Crippen LogP contribution in [0.4, 0.5) is 5.95 Å². The molecular weight excluding hydrogens is 306 g/mol. The number of nitrogen functional groups attached to an aromatic ring is 1. The third-order valence-electron chi connectivity index (χ3n) is 3.09. The average Bonchev–Trinajstić information content (AvgIpc) is 2.49. The lowest BCUT2D eigenvalue weighted by molar-refractivity contribution is 0.350. The van der Waals surface area contributed by atoms with Crippen molar-refractivity contribution in [2.24, 2.45) is 0 Å². The Labute approximate surface area is 134 Å². The van der Waals surface area contributed by atoms with E-state index in [1.807, 2.05) is 6.07 Å². The molecule has 0 spiro atoms. The molecule has 0 radical (unpaired) electrons. The van der Waals surface area contributed by atoms with Crippen molar-refractivity contribution >= 4 is 17.5 Å². The van der Waals surface area contributed by atoms with Crippen molar-refractivity contribution in [1.82, 2.24) is 9.97 Å². The maximum Gasteiger partial charge on any atom is 0.221 e. The van der Waals surface area contributed by atoms with Crippen molar-refractivity contribution < 1.29 is 14.2 Å². The number of anilines is 1. The molecule has 0 amide bonds. The van der Waals surface area contributed by atoms with Crippen molar-refractivity contribution in [2.75, 3.05) is 20.0 Å². The molecule has 0 bridgehead atoms. The molecular formula is C15H18ClN3O3. The van der Waals surface area contributed by atoms with E-state index in [2.05, 4.69) is 23.8 Å². The van der Waals surface area contributed by atoms with E-state index < -0.39 is 0 Å². The van der Waals surface area contributed by atoms with E-state index in [0.717, 1.165) is 5.56 Å². The molecule has 2 rings (SSSR count). The Kier molecular flexibility index (Phi) is 4.92. The smallest absolute Gasteiger partial charge is 0.221 e. The summed E-state index contributed by atoms with van der Waals surface area (Å²) in [6.07, 6.45) is 1.44. The molecule has 0 saturated carbocycles. The van der Waals surface area contributed by atoms with Gasteiger partial charge < -0.3 is 19.9 Å². The fraction of sp³-hybridized carbons (Fsp3) is 0.333. The van der Waals surface area contributed by atoms with Gasteiger partial charge in [0.15, 0.2) is 22.4 Å². The first-order valence-electron chi connectivity index (χ1n) is 6.68. The summed E-state index contributed by atoms with van der Waals surface area (Å²) in [5, 5.41) is 0.150. The quantitative estimate of drug-likeness (QED) is 0.846. The van der Waals surface area contributed by atoms with E-state index in [0.29, 0.717) is 23.0 Å². The molecule has 2 N–H and O–H groups in total. The first-order valence-corrected chi connectivity index (χ1v) is 7.05. The van der Waals surface area contributed by atoms with Gasteiger partial charge in [0.1, 0.15) is 5.75 Å². The first-order chi connectivity index (χ1) is 10.5. The van der Waals surface area contributed by atoms with Gasteiger partial charge >= 0.3 is 0 Å². The average molecular weight is 324 g/mol. The third kappa shape index (κ3) is 3.33. The number of ether oxygens (including phenoxy) is 3. The maximum absolute atomic E-state index is 6.03. The summed E-state index contributed by atoms with van der Waals surface area (Å²) in [5.41, 5.74) is 6.43. The molecule has 1 aromatic heterocycles. The number of nitrogens with zero attached hydrogens (tertiary/aromatic N) is 2. The van der Waals surface area contributed by atoms with Gasteiger partial charge in [0.2, 0.25) is 5.95 Å². The number of aromatic nitrogens is 2. The highest BCUT2D eigenvalue weighted by molar-refractivity contribution is 6.30. The van der Waals surface area contributed by atoms with Gasteiger partial charge in [-0.1, -0.05) is 25.4 Å². The van der Waals surface area contributed by atoms with Crippen molar-refractivity contribution in [3.05, 3.63) is 29.0 Å². The van der Waals surface area contributed by atoms with Crippen molar-refractivity contribution in [1.29, 1.82) is 0 Å². The molecule has 0 aliphatic heterocycles. The Bertz CT molecular complexity index is 677. The molecule has 22 heavy (non-hydrogen) atoms. The van der Waals surface area contributed by atoms with E-state index in [1.54, 1.807) is 20.3 Å². The fourth-order valence-electron chi connectivity index (χ4n) is 1.97. The second-order valence-corrected chi connectivity index (χ2v) is 5.24. The van der Waals surface area contributed by atoms with Gasteiger partial charge in [-0.15, -0.1) is 0 Å². The zero-order chi connectivity index (χ0) is 16.3. The van der Waals surface area contributed by atoms with E-state index in [1.165, 1.54) is 6.20 Å². The highest BCUT2D eigenvalue weighted by Crippen LogP contribution is 2.40. The Hall–Kier alpha value is -2.21. The highest BCUT2D eigenvalue weighted by Gasteiger charge is 2.17. The van der Waals surface area contributed by atoms with Gasteiger partial charge in [0.05, 0.1) is 20.4 Å². The number of halogens is 1. The Morgan fingerprint density at radius 2 is 1.68 bits per heavy atom. The number of hydrogen-bond acceptors (Lipinski definition) is 6. The SMILES string of the molecule is COc1cc(Oc2cnc(N)nc2Cl)c(C(C)C)cc1OC. The van der Waals surface area contributed by atoms with Gasteiger partial charge in [-0.25, -0.2) is 4.98 Å². The van der Waals surface area contributed by atoms with Crippen molar-refractivity contribution in [2.45, 2.75) is 19.8 Å². The zero-order valence-electron chi connectivity index (χ0n) is 12.9. The molecule has 0 saturated heterocycles. The largest absolute Gasteiger partial charge is 0.493 e. The summed E-state index contributed by atoms with van der Waals surface area (Å²) in [7, 11) is 3.16. The Morgan fingerprint density at radius 3 is 2.23 bits per heavy atom. The molecule has 1 aromatic carbocycles. The Balaban J connectivity index is 2.48. The monoisotopic (exact) mass is 323 g/mol. The number of hydrogen-bond donors (Lipinski definition) is 1. The lowest BCUT2D eigenvalue weighted by Crippen LogP contribution is -2.00. The van der Waals surface area contributed by atoms with E-state index in [4.69, 9.17) is 31.5 Å². The van der Waals surface area contributed by atoms with Crippen LogP contribution >= 0.6 is 11.6 Å². The summed E-state index contributed by atoms with van der Waals surface area (Å²) in [6.45, 7) is 4.10. The maximum atomic E-state index is 6.03. The lowest BCUT2D eigenvalue weighted by Gasteiger charge is -2.17. The van der Waals surface area contributed by atoms with Crippen LogP contribution in [0.2, 0.25) is 5.15 Å². The van der Waals surface area contributed by atoms with Crippen molar-refractivity contribution in [3.8, 4) is 23.0 Å². The highest BCUT2D eigenvalue weighted by atomic mass is 35.5. The van der Waals surface area contributed by atoms with E-state index in [-0.39, 0.29) is 17.0 Å². The predicted molar refractivity (Wildman–Crippen MR) is 85.2 cm³/mol. The molecule has 118 valence electrons. The molecule has 1 heterocycles.